The number of hydrogen-bond acceptors (Lipinski definition) is 1. The molecule has 86 valence electrons. The SMILES string of the molecule is CC(C)CCC(C)(C)CCSC(C)C. The second kappa shape index (κ2) is 6.76. The first-order valence-electron chi connectivity index (χ1n) is 5.95. The highest BCUT2D eigenvalue weighted by Crippen LogP contribution is 2.30. The van der Waals surface area contributed by atoms with Crippen LogP contribution in [0.5, 0.6) is 0 Å². The van der Waals surface area contributed by atoms with Crippen molar-refractivity contribution in [2.75, 3.05) is 5.75 Å². The minimum absolute atomic E-state index is 0.548. The summed E-state index contributed by atoms with van der Waals surface area (Å²) >= 11 is 2.09. The molecule has 0 atom stereocenters. The van der Waals surface area contributed by atoms with Crippen molar-refractivity contribution in [3.05, 3.63) is 0 Å². The second-order valence-electron chi connectivity index (χ2n) is 5.77. The molecule has 0 amide bonds. The van der Waals surface area contributed by atoms with Crippen molar-refractivity contribution in [3.63, 3.8) is 0 Å². The lowest BCUT2D eigenvalue weighted by Gasteiger charge is -2.25. The Balaban J connectivity index is 3.61. The summed E-state index contributed by atoms with van der Waals surface area (Å²) in [6, 6.07) is 0. The third-order valence-corrected chi connectivity index (χ3v) is 3.73. The van der Waals surface area contributed by atoms with Crippen LogP contribution < -0.4 is 0 Å². The van der Waals surface area contributed by atoms with E-state index in [1.165, 1.54) is 25.0 Å². The van der Waals surface area contributed by atoms with Gasteiger partial charge in [-0.2, -0.15) is 11.8 Å². The Bertz CT molecular complexity index is 136. The fourth-order valence-electron chi connectivity index (χ4n) is 1.38. The van der Waals surface area contributed by atoms with Gasteiger partial charge in [-0.05, 0) is 35.2 Å². The van der Waals surface area contributed by atoms with Crippen molar-refractivity contribution in [2.45, 2.75) is 66.1 Å². The van der Waals surface area contributed by atoms with Gasteiger partial charge in [0.1, 0.15) is 0 Å². The van der Waals surface area contributed by atoms with Gasteiger partial charge in [0.25, 0.3) is 0 Å². The van der Waals surface area contributed by atoms with Gasteiger partial charge in [0, 0.05) is 0 Å². The largest absolute Gasteiger partial charge is 0.159 e. The van der Waals surface area contributed by atoms with Gasteiger partial charge in [-0.3, -0.25) is 0 Å². The highest BCUT2D eigenvalue weighted by molar-refractivity contribution is 7.99. The zero-order valence-corrected chi connectivity index (χ0v) is 11.7. The summed E-state index contributed by atoms with van der Waals surface area (Å²) in [5.74, 6) is 2.18. The lowest BCUT2D eigenvalue weighted by molar-refractivity contribution is 0.296. The molecule has 0 radical (unpaired) electrons. The Morgan fingerprint density at radius 3 is 2.00 bits per heavy atom. The summed E-state index contributed by atoms with van der Waals surface area (Å²) in [6.07, 6.45) is 4.12. The molecule has 0 saturated heterocycles. The Hall–Kier alpha value is 0.350. The number of thioether (sulfide) groups is 1. The van der Waals surface area contributed by atoms with Crippen LogP contribution in [0.4, 0.5) is 0 Å². The Kier molecular flexibility index (Phi) is 6.93. The molecule has 0 fully saturated rings. The predicted molar refractivity (Wildman–Crippen MR) is 70.1 cm³/mol. The van der Waals surface area contributed by atoms with E-state index in [1.807, 2.05) is 0 Å². The zero-order valence-electron chi connectivity index (χ0n) is 10.9. The van der Waals surface area contributed by atoms with Gasteiger partial charge in [0.05, 0.1) is 0 Å². The standard InChI is InChI=1S/C13H28S/c1-11(2)7-8-13(5,6)9-10-14-12(3)4/h11-12H,7-10H2,1-6H3. The molecule has 0 unspecified atom stereocenters. The molecule has 0 saturated carbocycles. The van der Waals surface area contributed by atoms with Gasteiger partial charge >= 0.3 is 0 Å². The van der Waals surface area contributed by atoms with E-state index in [4.69, 9.17) is 0 Å². The highest BCUT2D eigenvalue weighted by Gasteiger charge is 2.17. The monoisotopic (exact) mass is 216 g/mol. The molecule has 0 aliphatic rings. The van der Waals surface area contributed by atoms with E-state index in [1.54, 1.807) is 0 Å². The molecule has 0 aromatic carbocycles. The van der Waals surface area contributed by atoms with Crippen LogP contribution in [0, 0.1) is 11.3 Å². The molecule has 1 heteroatoms. The van der Waals surface area contributed by atoms with Gasteiger partial charge in [0.2, 0.25) is 0 Å². The average molecular weight is 216 g/mol. The maximum Gasteiger partial charge on any atom is -0.000968 e. The lowest BCUT2D eigenvalue weighted by Crippen LogP contribution is -2.14. The summed E-state index contributed by atoms with van der Waals surface area (Å²) in [5.41, 5.74) is 0.548. The van der Waals surface area contributed by atoms with E-state index in [-0.39, 0.29) is 0 Å². The van der Waals surface area contributed by atoms with E-state index in [2.05, 4.69) is 53.3 Å². The van der Waals surface area contributed by atoms with E-state index in [0.717, 1.165) is 11.2 Å². The Labute approximate surface area is 95.2 Å². The minimum Gasteiger partial charge on any atom is -0.159 e. The minimum atomic E-state index is 0.548. The van der Waals surface area contributed by atoms with Gasteiger partial charge in [-0.15, -0.1) is 0 Å². The van der Waals surface area contributed by atoms with Crippen molar-refractivity contribution >= 4 is 11.8 Å². The second-order valence-corrected chi connectivity index (χ2v) is 7.45. The molecule has 0 aromatic heterocycles. The van der Waals surface area contributed by atoms with Crippen LogP contribution in [-0.2, 0) is 0 Å². The molecular formula is C13H28S. The molecule has 0 spiro atoms. The van der Waals surface area contributed by atoms with Crippen molar-refractivity contribution in [3.8, 4) is 0 Å². The smallest absolute Gasteiger partial charge is 0.000968 e. The first-order valence-corrected chi connectivity index (χ1v) is 7.00. The summed E-state index contributed by atoms with van der Waals surface area (Å²) in [6.45, 7) is 14.0. The third kappa shape index (κ3) is 8.93. The number of hydrogen-bond donors (Lipinski definition) is 0. The van der Waals surface area contributed by atoms with Crippen LogP contribution in [0.3, 0.4) is 0 Å². The van der Waals surface area contributed by atoms with E-state index in [0.29, 0.717) is 5.41 Å². The average Bonchev–Trinajstić information content (AvgIpc) is 2.00. The van der Waals surface area contributed by atoms with Gasteiger partial charge in [-0.1, -0.05) is 48.0 Å². The van der Waals surface area contributed by atoms with E-state index < -0.39 is 0 Å². The molecule has 0 aliphatic heterocycles. The lowest BCUT2D eigenvalue weighted by atomic mass is 9.83. The Morgan fingerprint density at radius 1 is 1.00 bits per heavy atom. The third-order valence-electron chi connectivity index (χ3n) is 2.63. The van der Waals surface area contributed by atoms with Gasteiger partial charge in [-0.25, -0.2) is 0 Å². The molecule has 0 bridgehead atoms. The van der Waals surface area contributed by atoms with Gasteiger partial charge < -0.3 is 0 Å². The van der Waals surface area contributed by atoms with Crippen LogP contribution in [0.25, 0.3) is 0 Å². The summed E-state index contributed by atoms with van der Waals surface area (Å²) in [5, 5.41) is 0.788. The molecule has 0 N–H and O–H groups in total. The first-order chi connectivity index (χ1) is 6.33. The highest BCUT2D eigenvalue weighted by atomic mass is 32.2. The summed E-state index contributed by atoms with van der Waals surface area (Å²) in [4.78, 5) is 0. The van der Waals surface area contributed by atoms with Crippen molar-refractivity contribution in [2.24, 2.45) is 11.3 Å². The van der Waals surface area contributed by atoms with E-state index in [9.17, 15) is 0 Å². The maximum atomic E-state index is 2.41. The summed E-state index contributed by atoms with van der Waals surface area (Å²) in [7, 11) is 0. The molecule has 0 rings (SSSR count). The number of rotatable bonds is 7. The maximum absolute atomic E-state index is 2.41. The predicted octanol–water partition coefficient (Wildman–Crippen LogP) is 4.98. The van der Waals surface area contributed by atoms with Crippen LogP contribution in [0.2, 0.25) is 0 Å². The summed E-state index contributed by atoms with van der Waals surface area (Å²) < 4.78 is 0. The molecular weight excluding hydrogens is 188 g/mol. The molecule has 0 aliphatic carbocycles. The Morgan fingerprint density at radius 2 is 1.57 bits per heavy atom. The zero-order chi connectivity index (χ0) is 11.2. The quantitative estimate of drug-likeness (QED) is 0.578. The van der Waals surface area contributed by atoms with Crippen LogP contribution in [-0.4, -0.2) is 11.0 Å². The molecule has 14 heavy (non-hydrogen) atoms. The van der Waals surface area contributed by atoms with Crippen molar-refractivity contribution < 1.29 is 0 Å². The van der Waals surface area contributed by atoms with Crippen LogP contribution in [0.1, 0.15) is 60.8 Å². The fourth-order valence-corrected chi connectivity index (χ4v) is 2.52. The normalized spacial score (nSPS) is 12.9. The van der Waals surface area contributed by atoms with Crippen LogP contribution in [0.15, 0.2) is 0 Å². The van der Waals surface area contributed by atoms with Gasteiger partial charge in [0.15, 0.2) is 0 Å². The van der Waals surface area contributed by atoms with E-state index >= 15 is 0 Å². The van der Waals surface area contributed by atoms with Crippen LogP contribution >= 0.6 is 11.8 Å². The fraction of sp³-hybridized carbons (Fsp3) is 1.00. The van der Waals surface area contributed by atoms with Crippen molar-refractivity contribution in [1.82, 2.24) is 0 Å². The molecule has 0 aromatic rings. The topological polar surface area (TPSA) is 0 Å². The van der Waals surface area contributed by atoms with Crippen molar-refractivity contribution in [1.29, 1.82) is 0 Å². The first kappa shape index (κ1) is 14.3. The molecule has 0 heterocycles. The molecule has 0 nitrogen and oxygen atoms in total.